The average Bonchev–Trinajstić information content (AvgIpc) is 3.97. The fraction of sp³-hybridized carbons (Fsp3) is 0.511. The Bertz CT molecular complexity index is 1720. The van der Waals surface area contributed by atoms with Gasteiger partial charge in [-0.15, -0.1) is 5.10 Å². The molecule has 1 fully saturated rings. The maximum absolute atomic E-state index is 12.9. The first-order chi connectivity index (χ1) is 28.6. The zero-order valence-electron chi connectivity index (χ0n) is 39.3. The van der Waals surface area contributed by atoms with Crippen LogP contribution in [0.25, 0.3) is 10.9 Å². The first-order valence-corrected chi connectivity index (χ1v) is 20.3. The number of amides is 2. The summed E-state index contributed by atoms with van der Waals surface area (Å²) in [6.45, 7) is 27.9. The van der Waals surface area contributed by atoms with Crippen molar-refractivity contribution in [2.45, 2.75) is 95.2 Å². The molecule has 2 amide bonds. The van der Waals surface area contributed by atoms with Crippen LogP contribution < -0.4 is 5.32 Å². The van der Waals surface area contributed by atoms with Crippen LogP contribution in [0.2, 0.25) is 0 Å². The van der Waals surface area contributed by atoms with Crippen molar-refractivity contribution in [1.29, 1.82) is 0 Å². The summed E-state index contributed by atoms with van der Waals surface area (Å²) in [5, 5.41) is 11.6. The molecule has 13 nitrogen and oxygen atoms in total. The van der Waals surface area contributed by atoms with Crippen LogP contribution in [0.15, 0.2) is 54.9 Å². The van der Waals surface area contributed by atoms with Crippen molar-refractivity contribution in [2.75, 3.05) is 59.6 Å². The molecule has 60 heavy (non-hydrogen) atoms. The quantitative estimate of drug-likeness (QED) is 0.0560. The summed E-state index contributed by atoms with van der Waals surface area (Å²) in [6.07, 6.45) is 4.90. The molecule has 15 heteroatoms. The number of ether oxygens (including phenoxy) is 2. The van der Waals surface area contributed by atoms with E-state index in [4.69, 9.17) is 10.8 Å². The van der Waals surface area contributed by atoms with Crippen LogP contribution in [0, 0.1) is 28.2 Å². The SMILES string of the molecule is CC.CC.CCCC(=O)COCCn1cc(COCC)nn1.CCNC.Cc1ccc(C)c2c(C(=O)C(=O)N3CCN(C(=O)c4ccccc4)CC3)c[nH]c12.[3H][CH2-].[CH2-]C.[W].[Y]. The summed E-state index contributed by atoms with van der Waals surface area (Å²) >= 11 is 0. The second kappa shape index (κ2) is 39.0. The number of benzene rings is 2. The van der Waals surface area contributed by atoms with Gasteiger partial charge in [0.25, 0.3) is 17.6 Å². The van der Waals surface area contributed by atoms with Gasteiger partial charge in [-0.05, 0) is 64.0 Å². The van der Waals surface area contributed by atoms with E-state index in [2.05, 4.69) is 41.9 Å². The van der Waals surface area contributed by atoms with Crippen LogP contribution in [-0.2, 0) is 86.0 Å². The number of carbonyl (C=O) groups is 4. The molecule has 0 spiro atoms. The molecule has 1 aliphatic heterocycles. The summed E-state index contributed by atoms with van der Waals surface area (Å²) in [7, 11) is 4.43. The van der Waals surface area contributed by atoms with E-state index < -0.39 is 11.7 Å². The number of aryl methyl sites for hydroxylation is 2. The minimum Gasteiger partial charge on any atom is -0.375 e. The van der Waals surface area contributed by atoms with Crippen LogP contribution in [0.3, 0.4) is 0 Å². The maximum Gasteiger partial charge on any atom is 0.295 e. The van der Waals surface area contributed by atoms with Crippen LogP contribution in [0.1, 0.15) is 107 Å². The van der Waals surface area contributed by atoms with Crippen molar-refractivity contribution in [3.63, 3.8) is 0 Å². The van der Waals surface area contributed by atoms with Crippen LogP contribution >= 0.6 is 0 Å². The zero-order valence-corrected chi connectivity index (χ0v) is 44.0. The normalized spacial score (nSPS) is 11.1. The number of ketones is 2. The van der Waals surface area contributed by atoms with E-state index in [-0.39, 0.29) is 72.1 Å². The predicted octanol–water partition coefficient (Wildman–Crippen LogP) is 7.72. The molecule has 2 aromatic heterocycles. The minimum atomic E-state index is -0.515. The second-order valence-electron chi connectivity index (χ2n) is 12.1. The van der Waals surface area contributed by atoms with E-state index in [0.717, 1.165) is 40.7 Å². The number of nitrogens with zero attached hydrogens (tertiary/aromatic N) is 5. The van der Waals surface area contributed by atoms with Crippen LogP contribution in [0.4, 0.5) is 0 Å². The molecule has 0 unspecified atom stereocenters. The number of Topliss-reactive ketones (excluding diaryl/α,β-unsaturated/α-hetero) is 2. The molecule has 3 heterocycles. The monoisotopic (exact) mass is 1080 g/mol. The number of hydrogen-bond acceptors (Lipinski definition) is 9. The number of fused-ring (bicyclic) bond motifs is 1. The van der Waals surface area contributed by atoms with Crippen molar-refractivity contribution in [3.8, 4) is 0 Å². The fourth-order valence-electron chi connectivity index (χ4n) is 5.29. The van der Waals surface area contributed by atoms with E-state index in [9.17, 15) is 19.2 Å². The van der Waals surface area contributed by atoms with Gasteiger partial charge in [-0.1, -0.05) is 77.1 Å². The molecule has 0 bridgehead atoms. The topological polar surface area (TPSA) is 152 Å². The molecular formula is C45H73N7O6WY-2. The van der Waals surface area contributed by atoms with E-state index in [0.29, 0.717) is 70.1 Å². The number of aromatic amines is 1. The van der Waals surface area contributed by atoms with Gasteiger partial charge in [-0.25, -0.2) is 6.05 Å². The Hall–Kier alpha value is -2.93. The largest absolute Gasteiger partial charge is 0.375 e. The molecule has 5 rings (SSSR count). The second-order valence-corrected chi connectivity index (χ2v) is 12.1. The third-order valence-electron chi connectivity index (χ3n) is 8.22. The Kier molecular flexibility index (Phi) is 39.8. The van der Waals surface area contributed by atoms with Crippen molar-refractivity contribution < 1.29 is 83.8 Å². The summed E-state index contributed by atoms with van der Waals surface area (Å²) < 4.78 is 17.7. The van der Waals surface area contributed by atoms with Crippen LogP contribution in [0.5, 0.6) is 0 Å². The number of nitrogens with one attached hydrogen (secondary N) is 2. The molecular weight excluding hydrogens is 1010 g/mol. The Morgan fingerprint density at radius 2 is 1.47 bits per heavy atom. The number of piperazine rings is 1. The molecule has 335 valence electrons. The first kappa shape index (κ1) is 61.4. The van der Waals surface area contributed by atoms with Gasteiger partial charge >= 0.3 is 0 Å². The number of H-pyrrole nitrogens is 1. The van der Waals surface area contributed by atoms with Crippen molar-refractivity contribution in [2.24, 2.45) is 0 Å². The number of carbonyl (C=O) groups excluding carboxylic acids is 4. The van der Waals surface area contributed by atoms with Gasteiger partial charge in [0.15, 0.2) is 5.78 Å². The molecule has 2 aromatic carbocycles. The van der Waals surface area contributed by atoms with Crippen molar-refractivity contribution in [3.05, 3.63) is 97.1 Å². The molecule has 0 aliphatic carbocycles. The summed E-state index contributed by atoms with van der Waals surface area (Å²) in [5.41, 5.74) is 4.73. The van der Waals surface area contributed by atoms with Gasteiger partial charge in [0, 0.05) is 116 Å². The van der Waals surface area contributed by atoms with E-state index in [1.165, 1.54) is 0 Å². The Labute approximate surface area is 402 Å². The third kappa shape index (κ3) is 22.2. The van der Waals surface area contributed by atoms with Gasteiger partial charge in [0.1, 0.15) is 12.3 Å². The predicted molar refractivity (Wildman–Crippen MR) is 237 cm³/mol. The summed E-state index contributed by atoms with van der Waals surface area (Å²) in [4.78, 5) is 55.9. The third-order valence-corrected chi connectivity index (χ3v) is 8.22. The Balaban J connectivity index is -0.000000439. The Morgan fingerprint density at radius 1 is 0.900 bits per heavy atom. The smallest absolute Gasteiger partial charge is 0.295 e. The molecule has 2 N–H and O–H groups in total. The van der Waals surface area contributed by atoms with Crippen molar-refractivity contribution >= 4 is 34.3 Å². The number of aromatic nitrogens is 4. The zero-order chi connectivity index (χ0) is 45.2. The molecule has 1 aliphatic rings. The average molecular weight is 1080 g/mol. The van der Waals surface area contributed by atoms with Gasteiger partial charge in [-0.2, -0.15) is 6.92 Å². The number of rotatable bonds is 14. The first-order valence-electron chi connectivity index (χ1n) is 21.0. The fourth-order valence-corrected chi connectivity index (χ4v) is 5.29. The standard InChI is InChI=1S/C23H23N3O3.C12H21N3O3.C3H9N.2C2H6.C2H5.CH3.W.Y/c1-15-8-9-16(2)20-19(15)18(14-24-20)21(27)23(29)26-12-10-25(11-13-26)22(28)17-6-4-3-5-7-17;1-3-5-12(16)10-18-7-6-15-8-11(13-14-15)9-17-4-2;1-3-4-2;3*1-2;;;/h3-9,14,24H,10-13H2,1-2H3;8H,3-7,9-10H2,1-2H3;4H,3H2,1-2H3;2*1-2H3;1H2,2H3;1H3;;/q;;;;;2*-1;;/i;;;;;;1T;;. The van der Waals surface area contributed by atoms with Gasteiger partial charge in [-0.3, -0.25) is 19.2 Å². The van der Waals surface area contributed by atoms with E-state index in [1.54, 1.807) is 39.7 Å². The van der Waals surface area contributed by atoms with Gasteiger partial charge < -0.3 is 43.9 Å². The van der Waals surface area contributed by atoms with Crippen LogP contribution in [-0.4, -0.2) is 113 Å². The van der Waals surface area contributed by atoms with Gasteiger partial charge in [0.05, 0.1) is 31.5 Å². The molecule has 0 atom stereocenters. The Morgan fingerprint density at radius 3 is 2.02 bits per heavy atom. The summed E-state index contributed by atoms with van der Waals surface area (Å²) in [6, 6.07) is 13.0. The van der Waals surface area contributed by atoms with E-state index in [1.807, 2.05) is 99.0 Å². The van der Waals surface area contributed by atoms with Gasteiger partial charge in [0.2, 0.25) is 0 Å². The summed E-state index contributed by atoms with van der Waals surface area (Å²) in [5.74, 6) is -0.925. The molecule has 0 saturated carbocycles. The minimum absolute atomic E-state index is 0. The molecule has 4 aromatic rings. The molecule has 1 radical (unpaired) electrons. The van der Waals surface area contributed by atoms with Crippen molar-refractivity contribution in [1.82, 2.24) is 35.1 Å². The maximum atomic E-state index is 12.9. The molecule has 1 saturated heterocycles. The number of hydrogen-bond donors (Lipinski definition) is 2. The van der Waals surface area contributed by atoms with E-state index >= 15 is 0 Å².